The molecule has 3 aromatic heterocycles. The van der Waals surface area contributed by atoms with Crippen LogP contribution in [-0.4, -0.2) is 39.0 Å². The molecule has 13 heteroatoms. The van der Waals surface area contributed by atoms with Crippen LogP contribution in [0, 0.1) is 12.7 Å². The normalized spacial score (nSPS) is 11.2. The van der Waals surface area contributed by atoms with Gasteiger partial charge >= 0.3 is 5.97 Å². The van der Waals surface area contributed by atoms with Gasteiger partial charge in [0.25, 0.3) is 18.2 Å². The number of hydrogen-bond acceptors (Lipinski definition) is 7. The molecule has 1 aromatic carbocycles. The first-order valence-corrected chi connectivity index (χ1v) is 11.8. The molecule has 0 unspecified atom stereocenters. The van der Waals surface area contributed by atoms with Crippen LogP contribution in [0.1, 0.15) is 61.4 Å². The Labute approximate surface area is 212 Å². The number of carbonyl (C=O) groups excluding carboxylic acids is 3. The molecule has 0 fully saturated rings. The summed E-state index contributed by atoms with van der Waals surface area (Å²) in [5.74, 6) is -2.88. The highest BCUT2D eigenvalue weighted by atomic mass is 32.1. The average molecular weight is 532 g/mol. The van der Waals surface area contributed by atoms with Crippen LogP contribution in [-0.2, 0) is 4.74 Å². The monoisotopic (exact) mass is 531 g/mol. The van der Waals surface area contributed by atoms with Crippen molar-refractivity contribution in [1.29, 1.82) is 0 Å². The molecule has 0 aliphatic heterocycles. The van der Waals surface area contributed by atoms with Gasteiger partial charge in [0.05, 0.1) is 28.9 Å². The summed E-state index contributed by atoms with van der Waals surface area (Å²) in [7, 11) is 0. The molecule has 0 aliphatic carbocycles. The lowest BCUT2D eigenvalue weighted by Crippen LogP contribution is -2.16. The van der Waals surface area contributed by atoms with Gasteiger partial charge in [-0.25, -0.2) is 27.5 Å². The van der Waals surface area contributed by atoms with E-state index in [0.717, 1.165) is 40.2 Å². The Kier molecular flexibility index (Phi) is 7.25. The number of ether oxygens (including phenoxy) is 1. The lowest BCUT2D eigenvalue weighted by Gasteiger charge is -2.09. The Morgan fingerprint density at radius 3 is 2.54 bits per heavy atom. The third kappa shape index (κ3) is 5.03. The van der Waals surface area contributed by atoms with Crippen LogP contribution < -0.4 is 11.1 Å². The zero-order chi connectivity index (χ0) is 26.9. The number of nitrogens with zero attached hydrogens (tertiary/aromatic N) is 3. The number of nitrogens with one attached hydrogen (secondary N) is 1. The van der Waals surface area contributed by atoms with Gasteiger partial charge in [0.2, 0.25) is 0 Å². The van der Waals surface area contributed by atoms with E-state index in [4.69, 9.17) is 10.5 Å². The number of hydrogen-bond donors (Lipinski definition) is 2. The molecule has 0 atom stereocenters. The largest absolute Gasteiger partial charge is 0.462 e. The summed E-state index contributed by atoms with van der Waals surface area (Å²) >= 11 is 0.786. The van der Waals surface area contributed by atoms with E-state index in [2.05, 4.69) is 15.4 Å². The van der Waals surface area contributed by atoms with Crippen LogP contribution in [0.2, 0.25) is 0 Å². The number of amides is 2. The van der Waals surface area contributed by atoms with Crippen LogP contribution in [0.5, 0.6) is 0 Å². The molecule has 37 heavy (non-hydrogen) atoms. The Morgan fingerprint density at radius 2 is 1.92 bits per heavy atom. The fourth-order valence-electron chi connectivity index (χ4n) is 3.59. The summed E-state index contributed by atoms with van der Waals surface area (Å²) in [6.07, 6.45) is -1.35. The SMILES string of the molecule is CCCOC(=O)c1c(NC(=O)c2cnn3c(C(F)F)cc(-c4ccc(F)cc4)nc23)sc(C(N)=O)c1C. The van der Waals surface area contributed by atoms with E-state index in [1.54, 1.807) is 6.92 Å². The summed E-state index contributed by atoms with van der Waals surface area (Å²) in [4.78, 5) is 42.1. The highest BCUT2D eigenvalue weighted by molar-refractivity contribution is 7.18. The summed E-state index contributed by atoms with van der Waals surface area (Å²) < 4.78 is 47.0. The quantitative estimate of drug-likeness (QED) is 0.316. The Morgan fingerprint density at radius 1 is 1.22 bits per heavy atom. The number of benzene rings is 1. The number of carbonyl (C=O) groups is 3. The maximum Gasteiger partial charge on any atom is 0.341 e. The van der Waals surface area contributed by atoms with Crippen molar-refractivity contribution < 1.29 is 32.3 Å². The van der Waals surface area contributed by atoms with Crippen molar-refractivity contribution in [3.8, 4) is 11.3 Å². The first kappa shape index (κ1) is 25.8. The fraction of sp³-hybridized carbons (Fsp3) is 0.208. The number of nitrogens with two attached hydrogens (primary N) is 1. The summed E-state index contributed by atoms with van der Waals surface area (Å²) in [6.45, 7) is 3.42. The van der Waals surface area contributed by atoms with E-state index in [-0.39, 0.29) is 44.5 Å². The number of alkyl halides is 2. The van der Waals surface area contributed by atoms with Crippen LogP contribution in [0.15, 0.2) is 36.5 Å². The van der Waals surface area contributed by atoms with Gasteiger partial charge in [0.1, 0.15) is 22.1 Å². The van der Waals surface area contributed by atoms with Crippen molar-refractivity contribution in [2.75, 3.05) is 11.9 Å². The number of esters is 1. The van der Waals surface area contributed by atoms with Gasteiger partial charge in [-0.1, -0.05) is 6.92 Å². The average Bonchev–Trinajstić information content (AvgIpc) is 3.43. The van der Waals surface area contributed by atoms with Crippen molar-refractivity contribution in [2.45, 2.75) is 26.7 Å². The lowest BCUT2D eigenvalue weighted by molar-refractivity contribution is 0.0506. The molecule has 0 radical (unpaired) electrons. The summed E-state index contributed by atoms with van der Waals surface area (Å²) in [6, 6.07) is 6.15. The molecular weight excluding hydrogens is 511 g/mol. The standard InChI is InChI=1S/C24H20F3N5O4S/c1-3-8-36-24(35)17-11(2)18(20(28)33)37-23(17)31-22(34)14-10-29-32-16(19(26)27)9-15(30-21(14)32)12-4-6-13(25)7-5-12/h4-7,9-10,19H,3,8H2,1-2H3,(H2,28,33)(H,31,34). The molecule has 2 amide bonds. The van der Waals surface area contributed by atoms with Gasteiger partial charge in [-0.2, -0.15) is 5.10 Å². The number of fused-ring (bicyclic) bond motifs is 1. The maximum absolute atomic E-state index is 13.8. The highest BCUT2D eigenvalue weighted by Gasteiger charge is 2.28. The van der Waals surface area contributed by atoms with Crippen molar-refractivity contribution in [1.82, 2.24) is 14.6 Å². The number of thiophene rings is 1. The van der Waals surface area contributed by atoms with Gasteiger partial charge < -0.3 is 15.8 Å². The number of anilines is 1. The van der Waals surface area contributed by atoms with Crippen LogP contribution in [0.3, 0.4) is 0 Å². The second-order valence-electron chi connectivity index (χ2n) is 7.88. The van der Waals surface area contributed by atoms with Gasteiger partial charge in [-0.05, 0) is 49.2 Å². The number of halogens is 3. The third-order valence-electron chi connectivity index (χ3n) is 5.35. The topological polar surface area (TPSA) is 129 Å². The van der Waals surface area contributed by atoms with Crippen molar-refractivity contribution >= 4 is 39.8 Å². The first-order chi connectivity index (χ1) is 17.6. The van der Waals surface area contributed by atoms with Gasteiger partial charge in [0, 0.05) is 5.56 Å². The number of rotatable bonds is 8. The van der Waals surface area contributed by atoms with E-state index in [0.29, 0.717) is 12.0 Å². The van der Waals surface area contributed by atoms with E-state index in [1.165, 1.54) is 19.1 Å². The zero-order valence-corrected chi connectivity index (χ0v) is 20.4. The van der Waals surface area contributed by atoms with Crippen LogP contribution >= 0.6 is 11.3 Å². The molecule has 0 aliphatic rings. The van der Waals surface area contributed by atoms with E-state index in [9.17, 15) is 27.6 Å². The van der Waals surface area contributed by atoms with Gasteiger partial charge in [-0.3, -0.25) is 9.59 Å². The van der Waals surface area contributed by atoms with E-state index >= 15 is 0 Å². The highest BCUT2D eigenvalue weighted by Crippen LogP contribution is 2.34. The smallest absolute Gasteiger partial charge is 0.341 e. The van der Waals surface area contributed by atoms with Gasteiger partial charge in [0.15, 0.2) is 5.65 Å². The second-order valence-corrected chi connectivity index (χ2v) is 8.90. The predicted octanol–water partition coefficient (Wildman–Crippen LogP) is 4.76. The third-order valence-corrected chi connectivity index (χ3v) is 6.57. The molecular formula is C24H20F3N5O4S. The summed E-state index contributed by atoms with van der Waals surface area (Å²) in [5, 5.41) is 6.43. The number of primary amides is 1. The van der Waals surface area contributed by atoms with Crippen LogP contribution in [0.25, 0.3) is 16.9 Å². The van der Waals surface area contributed by atoms with Crippen molar-refractivity contribution in [3.63, 3.8) is 0 Å². The molecule has 9 nitrogen and oxygen atoms in total. The fourth-order valence-corrected chi connectivity index (χ4v) is 4.63. The maximum atomic E-state index is 13.8. The molecule has 0 saturated heterocycles. The Hall–Kier alpha value is -4.26. The Bertz CT molecular complexity index is 1520. The first-order valence-electron chi connectivity index (χ1n) is 11.0. The molecule has 3 heterocycles. The lowest BCUT2D eigenvalue weighted by atomic mass is 10.1. The number of aromatic nitrogens is 3. The van der Waals surface area contributed by atoms with E-state index < -0.39 is 35.7 Å². The minimum atomic E-state index is -2.96. The molecule has 4 rings (SSSR count). The molecule has 0 bridgehead atoms. The van der Waals surface area contributed by atoms with Crippen molar-refractivity contribution in [2.24, 2.45) is 5.73 Å². The molecule has 0 spiro atoms. The summed E-state index contributed by atoms with van der Waals surface area (Å²) in [5.41, 5.74) is 5.14. The minimum absolute atomic E-state index is 0.000486. The second kappa shape index (κ2) is 10.4. The molecule has 0 saturated carbocycles. The minimum Gasteiger partial charge on any atom is -0.462 e. The molecule has 192 valence electrons. The molecule has 4 aromatic rings. The van der Waals surface area contributed by atoms with E-state index in [1.807, 2.05) is 0 Å². The zero-order valence-electron chi connectivity index (χ0n) is 19.5. The van der Waals surface area contributed by atoms with Gasteiger partial charge in [-0.15, -0.1) is 11.3 Å². The Balaban J connectivity index is 1.78. The van der Waals surface area contributed by atoms with Crippen LogP contribution in [0.4, 0.5) is 18.2 Å². The predicted molar refractivity (Wildman–Crippen MR) is 129 cm³/mol. The molecule has 3 N–H and O–H groups in total. The van der Waals surface area contributed by atoms with Crippen molar-refractivity contribution in [3.05, 3.63) is 69.6 Å².